The molecule has 0 bridgehead atoms. The molecule has 1 saturated carbocycles. The Hall–Kier alpha value is -2.47. The van der Waals surface area contributed by atoms with E-state index in [1.54, 1.807) is 0 Å². The summed E-state index contributed by atoms with van der Waals surface area (Å²) in [6.45, 7) is 4.45. The van der Waals surface area contributed by atoms with Gasteiger partial charge in [-0.05, 0) is 29.9 Å². The van der Waals surface area contributed by atoms with Gasteiger partial charge in [-0.1, -0.05) is 57.0 Å². The van der Waals surface area contributed by atoms with Gasteiger partial charge in [0.2, 0.25) is 5.91 Å². The van der Waals surface area contributed by atoms with E-state index >= 15 is 0 Å². The predicted octanol–water partition coefficient (Wildman–Crippen LogP) is 4.07. The second-order valence-corrected chi connectivity index (χ2v) is 8.85. The van der Waals surface area contributed by atoms with Crippen LogP contribution in [0.2, 0.25) is 0 Å². The number of thiophene rings is 1. The average molecular weight is 396 g/mol. The van der Waals surface area contributed by atoms with Gasteiger partial charge >= 0.3 is 0 Å². The Balaban J connectivity index is 1.53. The van der Waals surface area contributed by atoms with E-state index in [1.807, 2.05) is 36.4 Å². The van der Waals surface area contributed by atoms with Crippen LogP contribution in [-0.2, 0) is 11.3 Å². The molecule has 3 atom stereocenters. The number of fused-ring (bicyclic) bond motifs is 1. The van der Waals surface area contributed by atoms with Gasteiger partial charge in [0.1, 0.15) is 11.4 Å². The Morgan fingerprint density at radius 3 is 2.82 bits per heavy atom. The second kappa shape index (κ2) is 7.87. The highest BCUT2D eigenvalue weighted by Gasteiger charge is 2.28. The fourth-order valence-electron chi connectivity index (χ4n) is 4.01. The van der Waals surface area contributed by atoms with E-state index in [9.17, 15) is 9.59 Å². The molecule has 3 aromatic rings. The summed E-state index contributed by atoms with van der Waals surface area (Å²) in [6.07, 6.45) is 4.85. The first-order valence-corrected chi connectivity index (χ1v) is 10.7. The molecule has 146 valence electrons. The molecule has 1 N–H and O–H groups in total. The largest absolute Gasteiger partial charge is 0.352 e. The van der Waals surface area contributed by atoms with Crippen molar-refractivity contribution in [2.75, 3.05) is 0 Å². The lowest BCUT2D eigenvalue weighted by atomic mass is 9.78. The number of amides is 1. The van der Waals surface area contributed by atoms with Crippen LogP contribution in [0.1, 0.15) is 33.1 Å². The molecule has 1 aliphatic rings. The van der Waals surface area contributed by atoms with E-state index in [0.29, 0.717) is 22.1 Å². The molecule has 0 unspecified atom stereocenters. The van der Waals surface area contributed by atoms with Crippen molar-refractivity contribution in [2.45, 2.75) is 45.7 Å². The number of carbonyl (C=O) groups is 1. The van der Waals surface area contributed by atoms with E-state index in [0.717, 1.165) is 23.3 Å². The minimum atomic E-state index is -0.163. The molecule has 1 aliphatic carbocycles. The molecule has 2 aromatic heterocycles. The summed E-state index contributed by atoms with van der Waals surface area (Å²) in [7, 11) is 0. The first-order chi connectivity index (χ1) is 13.5. The van der Waals surface area contributed by atoms with Crippen LogP contribution >= 0.6 is 11.3 Å². The minimum absolute atomic E-state index is 0.00981. The van der Waals surface area contributed by atoms with Crippen LogP contribution in [0, 0.1) is 11.8 Å². The van der Waals surface area contributed by atoms with Crippen molar-refractivity contribution in [2.24, 2.45) is 11.8 Å². The van der Waals surface area contributed by atoms with Crippen molar-refractivity contribution in [3.05, 3.63) is 53.1 Å². The SMILES string of the molecule is C[C@H]1[C@@H](NC(=O)Cn2cnc3sc(-c4ccccc4)cc3c2=O)CCC[C@@H]1C. The molecule has 0 aliphatic heterocycles. The van der Waals surface area contributed by atoms with E-state index in [4.69, 9.17) is 0 Å². The van der Waals surface area contributed by atoms with Crippen molar-refractivity contribution in [3.63, 3.8) is 0 Å². The molecule has 2 heterocycles. The first-order valence-electron chi connectivity index (χ1n) is 9.86. The van der Waals surface area contributed by atoms with Gasteiger partial charge in [-0.25, -0.2) is 4.98 Å². The van der Waals surface area contributed by atoms with Crippen LogP contribution in [0.15, 0.2) is 47.5 Å². The molecule has 0 radical (unpaired) electrons. The number of nitrogens with one attached hydrogen (secondary N) is 1. The van der Waals surface area contributed by atoms with Crippen LogP contribution in [0.4, 0.5) is 0 Å². The second-order valence-electron chi connectivity index (χ2n) is 7.81. The van der Waals surface area contributed by atoms with Gasteiger partial charge in [-0.3, -0.25) is 14.2 Å². The number of rotatable bonds is 4. The molecule has 28 heavy (non-hydrogen) atoms. The van der Waals surface area contributed by atoms with Crippen molar-refractivity contribution < 1.29 is 4.79 Å². The Kier molecular flexibility index (Phi) is 5.31. The van der Waals surface area contributed by atoms with E-state index < -0.39 is 0 Å². The zero-order chi connectivity index (χ0) is 19.7. The van der Waals surface area contributed by atoms with E-state index in [2.05, 4.69) is 24.1 Å². The third-order valence-electron chi connectivity index (χ3n) is 5.94. The molecular formula is C22H25N3O2S. The third-order valence-corrected chi connectivity index (χ3v) is 7.04. The van der Waals surface area contributed by atoms with Crippen LogP contribution in [0.25, 0.3) is 20.7 Å². The van der Waals surface area contributed by atoms with Crippen LogP contribution < -0.4 is 10.9 Å². The number of hydrogen-bond acceptors (Lipinski definition) is 4. The van der Waals surface area contributed by atoms with E-state index in [1.165, 1.54) is 28.7 Å². The van der Waals surface area contributed by atoms with E-state index in [-0.39, 0.29) is 24.1 Å². The van der Waals surface area contributed by atoms with Crippen molar-refractivity contribution in [3.8, 4) is 10.4 Å². The number of nitrogens with zero attached hydrogens (tertiary/aromatic N) is 2. The number of aromatic nitrogens is 2. The van der Waals surface area contributed by atoms with Gasteiger partial charge in [0.05, 0.1) is 11.7 Å². The molecule has 0 saturated heterocycles. The van der Waals surface area contributed by atoms with Gasteiger partial charge < -0.3 is 5.32 Å². The highest BCUT2D eigenvalue weighted by Crippen LogP contribution is 2.31. The zero-order valence-corrected chi connectivity index (χ0v) is 17.0. The van der Waals surface area contributed by atoms with Crippen molar-refractivity contribution in [1.82, 2.24) is 14.9 Å². The summed E-state index contributed by atoms with van der Waals surface area (Å²) in [5.41, 5.74) is 0.901. The maximum Gasteiger partial charge on any atom is 0.262 e. The third kappa shape index (κ3) is 3.74. The van der Waals surface area contributed by atoms with Gasteiger partial charge in [0.15, 0.2) is 0 Å². The highest BCUT2D eigenvalue weighted by molar-refractivity contribution is 7.21. The van der Waals surface area contributed by atoms with Crippen LogP contribution in [0.5, 0.6) is 0 Å². The monoisotopic (exact) mass is 395 g/mol. The fraction of sp³-hybridized carbons (Fsp3) is 0.409. The molecule has 1 fully saturated rings. The molecule has 0 spiro atoms. The number of benzene rings is 1. The molecule has 4 rings (SSSR count). The first kappa shape index (κ1) is 18.9. The van der Waals surface area contributed by atoms with Crippen LogP contribution in [0.3, 0.4) is 0 Å². The summed E-state index contributed by atoms with van der Waals surface area (Å²) >= 11 is 1.50. The Labute approximate surface area is 168 Å². The normalized spacial score (nSPS) is 22.3. The number of carbonyl (C=O) groups excluding carboxylic acids is 1. The molecule has 5 nitrogen and oxygen atoms in total. The molecular weight excluding hydrogens is 370 g/mol. The summed E-state index contributed by atoms with van der Waals surface area (Å²) in [6, 6.07) is 12.0. The smallest absolute Gasteiger partial charge is 0.262 e. The Morgan fingerprint density at radius 2 is 2.04 bits per heavy atom. The topological polar surface area (TPSA) is 64.0 Å². The van der Waals surface area contributed by atoms with Crippen molar-refractivity contribution in [1.29, 1.82) is 0 Å². The molecule has 1 amide bonds. The fourth-order valence-corrected chi connectivity index (χ4v) is 5.01. The minimum Gasteiger partial charge on any atom is -0.352 e. The summed E-state index contributed by atoms with van der Waals surface area (Å²) < 4.78 is 1.41. The summed E-state index contributed by atoms with van der Waals surface area (Å²) in [5.74, 6) is 0.954. The lowest BCUT2D eigenvalue weighted by Gasteiger charge is -2.34. The van der Waals surface area contributed by atoms with Crippen molar-refractivity contribution >= 4 is 27.5 Å². The lowest BCUT2D eigenvalue weighted by Crippen LogP contribution is -2.45. The molecule has 6 heteroatoms. The van der Waals surface area contributed by atoms with Gasteiger partial charge in [0, 0.05) is 10.9 Å². The Morgan fingerprint density at radius 1 is 1.25 bits per heavy atom. The quantitative estimate of drug-likeness (QED) is 0.724. The van der Waals surface area contributed by atoms with Crippen LogP contribution in [-0.4, -0.2) is 21.5 Å². The maximum atomic E-state index is 12.9. The van der Waals surface area contributed by atoms with Gasteiger partial charge in [-0.15, -0.1) is 11.3 Å². The average Bonchev–Trinajstić information content (AvgIpc) is 3.14. The van der Waals surface area contributed by atoms with Gasteiger partial charge in [-0.2, -0.15) is 0 Å². The van der Waals surface area contributed by atoms with Gasteiger partial charge in [0.25, 0.3) is 5.56 Å². The predicted molar refractivity (Wildman–Crippen MR) is 113 cm³/mol. The Bertz CT molecular complexity index is 1040. The maximum absolute atomic E-state index is 12.9. The summed E-state index contributed by atoms with van der Waals surface area (Å²) in [5, 5.41) is 3.70. The summed E-state index contributed by atoms with van der Waals surface area (Å²) in [4.78, 5) is 31.5. The standard InChI is InChI=1S/C22H25N3O2S/c1-14-7-6-10-18(15(14)2)24-20(26)12-25-13-23-21-17(22(25)27)11-19(28-21)16-8-4-3-5-9-16/h3-5,8-9,11,13-15,18H,6-7,10,12H2,1-2H3,(H,24,26)/t14-,15+,18-/m0/s1. The zero-order valence-electron chi connectivity index (χ0n) is 16.2. The lowest BCUT2D eigenvalue weighted by molar-refractivity contribution is -0.123. The number of hydrogen-bond donors (Lipinski definition) is 1. The molecule has 1 aromatic carbocycles. The highest BCUT2D eigenvalue weighted by atomic mass is 32.1.